The first kappa shape index (κ1) is 18.2. The number of ether oxygens (including phenoxy) is 1. The van der Waals surface area contributed by atoms with Crippen molar-refractivity contribution < 1.29 is 19.4 Å². The van der Waals surface area contributed by atoms with Crippen molar-refractivity contribution in [2.45, 2.75) is 58.3 Å². The molecule has 4 nitrogen and oxygen atoms in total. The van der Waals surface area contributed by atoms with Gasteiger partial charge in [-0.2, -0.15) is 0 Å². The van der Waals surface area contributed by atoms with E-state index in [1.165, 1.54) is 32.1 Å². The Morgan fingerprint density at radius 2 is 1.59 bits per heavy atom. The van der Waals surface area contributed by atoms with Gasteiger partial charge in [-0.15, -0.1) is 0 Å². The molecule has 0 aromatic heterocycles. The third-order valence-electron chi connectivity index (χ3n) is 3.51. The topological polar surface area (TPSA) is 63.6 Å². The van der Waals surface area contributed by atoms with Gasteiger partial charge in [0.05, 0.1) is 13.0 Å². The van der Waals surface area contributed by atoms with Gasteiger partial charge in [0, 0.05) is 12.0 Å². The van der Waals surface area contributed by atoms with E-state index in [4.69, 9.17) is 9.84 Å². The highest BCUT2D eigenvalue weighted by molar-refractivity contribution is 5.97. The van der Waals surface area contributed by atoms with Crippen molar-refractivity contribution in [3.63, 3.8) is 0 Å². The predicted octanol–water partition coefficient (Wildman–Crippen LogP) is 4.47. The van der Waals surface area contributed by atoms with E-state index in [0.717, 1.165) is 12.2 Å². The fourth-order valence-corrected chi connectivity index (χ4v) is 2.17. The summed E-state index contributed by atoms with van der Waals surface area (Å²) in [5.74, 6) is -0.347. The number of unbranched alkanes of at least 4 members (excludes halogenated alkanes) is 5. The lowest BCUT2D eigenvalue weighted by atomic mass is 10.1. The Hall–Kier alpha value is -1.84. The first-order valence-corrected chi connectivity index (χ1v) is 8.11. The summed E-state index contributed by atoms with van der Waals surface area (Å²) < 4.78 is 5.64. The fraction of sp³-hybridized carbons (Fsp3) is 0.556. The Labute approximate surface area is 132 Å². The van der Waals surface area contributed by atoms with Gasteiger partial charge < -0.3 is 9.84 Å². The molecule has 1 aromatic carbocycles. The van der Waals surface area contributed by atoms with Crippen LogP contribution in [0.5, 0.6) is 5.75 Å². The fourth-order valence-electron chi connectivity index (χ4n) is 2.17. The quantitative estimate of drug-likeness (QED) is 0.457. The minimum atomic E-state index is -0.952. The molecule has 0 atom stereocenters. The number of carbonyl (C=O) groups is 2. The van der Waals surface area contributed by atoms with Crippen molar-refractivity contribution in [2.24, 2.45) is 0 Å². The molecular weight excluding hydrogens is 280 g/mol. The average Bonchev–Trinajstić information content (AvgIpc) is 2.52. The van der Waals surface area contributed by atoms with Crippen LogP contribution in [0.4, 0.5) is 0 Å². The highest BCUT2D eigenvalue weighted by atomic mass is 16.5. The number of ketones is 1. The molecule has 122 valence electrons. The predicted molar refractivity (Wildman–Crippen MR) is 86.5 cm³/mol. The molecule has 0 heterocycles. The summed E-state index contributed by atoms with van der Waals surface area (Å²) in [6, 6.07) is 6.93. The molecule has 0 aliphatic rings. The summed E-state index contributed by atoms with van der Waals surface area (Å²) in [4.78, 5) is 22.2. The Kier molecular flexibility index (Phi) is 8.96. The average molecular weight is 306 g/mol. The first-order chi connectivity index (χ1) is 10.6. The molecule has 0 amide bonds. The molecule has 1 rings (SSSR count). The zero-order valence-corrected chi connectivity index (χ0v) is 13.3. The summed E-state index contributed by atoms with van der Waals surface area (Å²) >= 11 is 0. The van der Waals surface area contributed by atoms with Crippen molar-refractivity contribution in [3.8, 4) is 5.75 Å². The van der Waals surface area contributed by atoms with Gasteiger partial charge in [0.25, 0.3) is 0 Å². The standard InChI is InChI=1S/C18H26O4/c1-2-3-4-5-6-7-14-22-16-10-8-15(9-11-16)17(19)12-13-18(20)21/h8-11H,2-7,12-14H2,1H3,(H,20,21). The van der Waals surface area contributed by atoms with E-state index in [1.54, 1.807) is 24.3 Å². The van der Waals surface area contributed by atoms with Gasteiger partial charge in [-0.05, 0) is 30.7 Å². The smallest absolute Gasteiger partial charge is 0.303 e. The van der Waals surface area contributed by atoms with E-state index in [-0.39, 0.29) is 18.6 Å². The molecule has 22 heavy (non-hydrogen) atoms. The van der Waals surface area contributed by atoms with Gasteiger partial charge in [-0.1, -0.05) is 39.0 Å². The lowest BCUT2D eigenvalue weighted by Gasteiger charge is -2.07. The lowest BCUT2D eigenvalue weighted by molar-refractivity contribution is -0.136. The van der Waals surface area contributed by atoms with Crippen LogP contribution in [0.2, 0.25) is 0 Å². The van der Waals surface area contributed by atoms with Crippen LogP contribution in [0.1, 0.15) is 68.6 Å². The van der Waals surface area contributed by atoms with E-state index >= 15 is 0 Å². The molecule has 0 unspecified atom stereocenters. The van der Waals surface area contributed by atoms with Crippen molar-refractivity contribution in [1.82, 2.24) is 0 Å². The van der Waals surface area contributed by atoms with Gasteiger partial charge in [-0.25, -0.2) is 0 Å². The Bertz CT molecular complexity index is 451. The summed E-state index contributed by atoms with van der Waals surface area (Å²) in [5.41, 5.74) is 0.535. The summed E-state index contributed by atoms with van der Waals surface area (Å²) in [6.07, 6.45) is 7.25. The molecule has 0 radical (unpaired) electrons. The molecule has 4 heteroatoms. The van der Waals surface area contributed by atoms with Crippen LogP contribution in [0, 0.1) is 0 Å². The normalized spacial score (nSPS) is 10.4. The SMILES string of the molecule is CCCCCCCCOc1ccc(C(=O)CCC(=O)O)cc1. The maximum atomic E-state index is 11.7. The van der Waals surface area contributed by atoms with Crippen LogP contribution < -0.4 is 4.74 Å². The zero-order chi connectivity index (χ0) is 16.2. The van der Waals surface area contributed by atoms with Crippen LogP contribution >= 0.6 is 0 Å². The molecule has 0 bridgehead atoms. The first-order valence-electron chi connectivity index (χ1n) is 8.11. The molecule has 0 saturated heterocycles. The van der Waals surface area contributed by atoms with Gasteiger partial charge >= 0.3 is 5.97 Å². The summed E-state index contributed by atoms with van der Waals surface area (Å²) in [5, 5.41) is 8.57. The molecule has 0 saturated carbocycles. The number of carbonyl (C=O) groups excluding carboxylic acids is 1. The number of carboxylic acids is 1. The van der Waals surface area contributed by atoms with Crippen molar-refractivity contribution in [1.29, 1.82) is 0 Å². The highest BCUT2D eigenvalue weighted by Gasteiger charge is 2.08. The Balaban J connectivity index is 2.24. The number of aliphatic carboxylic acids is 1. The second kappa shape index (κ2) is 10.8. The molecule has 0 aliphatic heterocycles. The Morgan fingerprint density at radius 3 is 2.23 bits per heavy atom. The molecular formula is C18H26O4. The van der Waals surface area contributed by atoms with Gasteiger partial charge in [0.1, 0.15) is 5.75 Å². The maximum absolute atomic E-state index is 11.7. The third-order valence-corrected chi connectivity index (χ3v) is 3.51. The van der Waals surface area contributed by atoms with Gasteiger partial charge in [0.2, 0.25) is 0 Å². The zero-order valence-electron chi connectivity index (χ0n) is 13.3. The second-order valence-corrected chi connectivity index (χ2v) is 5.46. The highest BCUT2D eigenvalue weighted by Crippen LogP contribution is 2.15. The molecule has 1 N–H and O–H groups in total. The molecule has 0 aliphatic carbocycles. The van der Waals surface area contributed by atoms with Crippen LogP contribution in [-0.2, 0) is 4.79 Å². The summed E-state index contributed by atoms with van der Waals surface area (Å²) in [7, 11) is 0. The largest absolute Gasteiger partial charge is 0.494 e. The van der Waals surface area contributed by atoms with Crippen LogP contribution in [0.15, 0.2) is 24.3 Å². The molecule has 0 fully saturated rings. The number of carboxylic acid groups (broad SMARTS) is 1. The van der Waals surface area contributed by atoms with E-state index in [0.29, 0.717) is 12.2 Å². The monoisotopic (exact) mass is 306 g/mol. The van der Waals surface area contributed by atoms with Crippen LogP contribution in [0.25, 0.3) is 0 Å². The van der Waals surface area contributed by atoms with Crippen LogP contribution in [0.3, 0.4) is 0 Å². The lowest BCUT2D eigenvalue weighted by Crippen LogP contribution is -2.04. The minimum absolute atomic E-state index is 0.0350. The van der Waals surface area contributed by atoms with Crippen molar-refractivity contribution in [2.75, 3.05) is 6.61 Å². The number of hydrogen-bond donors (Lipinski definition) is 1. The van der Waals surface area contributed by atoms with Gasteiger partial charge in [0.15, 0.2) is 5.78 Å². The van der Waals surface area contributed by atoms with E-state index < -0.39 is 5.97 Å². The number of rotatable bonds is 12. The summed E-state index contributed by atoms with van der Waals surface area (Å²) in [6.45, 7) is 2.90. The van der Waals surface area contributed by atoms with E-state index in [1.807, 2.05) is 0 Å². The van der Waals surface area contributed by atoms with Crippen molar-refractivity contribution >= 4 is 11.8 Å². The second-order valence-electron chi connectivity index (χ2n) is 5.46. The number of hydrogen-bond acceptors (Lipinski definition) is 3. The maximum Gasteiger partial charge on any atom is 0.303 e. The number of Topliss-reactive ketones (excluding diaryl/α,β-unsaturated/α-hetero) is 1. The van der Waals surface area contributed by atoms with Gasteiger partial charge in [-0.3, -0.25) is 9.59 Å². The number of benzene rings is 1. The van der Waals surface area contributed by atoms with Crippen LogP contribution in [-0.4, -0.2) is 23.5 Å². The molecule has 0 spiro atoms. The van der Waals surface area contributed by atoms with Crippen molar-refractivity contribution in [3.05, 3.63) is 29.8 Å². The molecule has 1 aromatic rings. The Morgan fingerprint density at radius 1 is 0.955 bits per heavy atom. The third kappa shape index (κ3) is 7.81. The minimum Gasteiger partial charge on any atom is -0.494 e. The van der Waals surface area contributed by atoms with E-state index in [2.05, 4.69) is 6.92 Å². The van der Waals surface area contributed by atoms with E-state index in [9.17, 15) is 9.59 Å².